The van der Waals surface area contributed by atoms with Gasteiger partial charge in [-0.2, -0.15) is 5.10 Å². The maximum atomic E-state index is 13.1. The smallest absolute Gasteiger partial charge is 0.410 e. The molecule has 2 aliphatic rings. The van der Waals surface area contributed by atoms with Gasteiger partial charge in [0.25, 0.3) is 0 Å². The second-order valence-electron chi connectivity index (χ2n) is 14.0. The van der Waals surface area contributed by atoms with Crippen LogP contribution in [0.1, 0.15) is 67.2 Å². The molecule has 2 atom stereocenters. The van der Waals surface area contributed by atoms with Gasteiger partial charge in [-0.1, -0.05) is 24.3 Å². The summed E-state index contributed by atoms with van der Waals surface area (Å²) < 4.78 is 11.0. The summed E-state index contributed by atoms with van der Waals surface area (Å²) in [4.78, 5) is 54.4. The molecule has 47 heavy (non-hydrogen) atoms. The quantitative estimate of drug-likeness (QED) is 0.281. The van der Waals surface area contributed by atoms with E-state index in [1.165, 1.54) is 9.80 Å². The molecular weight excluding hydrogens is 600 g/mol. The second kappa shape index (κ2) is 13.5. The summed E-state index contributed by atoms with van der Waals surface area (Å²) in [5.41, 5.74) is 3.38. The normalized spacial score (nSPS) is 18.2. The Hall–Kier alpha value is -4.87. The summed E-state index contributed by atoms with van der Waals surface area (Å²) in [6, 6.07) is 13.7. The van der Waals surface area contributed by atoms with Gasteiger partial charge in [0.1, 0.15) is 23.3 Å². The molecule has 0 bridgehead atoms. The number of carbonyl (C=O) groups excluding carboxylic acids is 4. The summed E-state index contributed by atoms with van der Waals surface area (Å²) in [6.45, 7) is 11.8. The van der Waals surface area contributed by atoms with E-state index in [9.17, 15) is 19.2 Å². The zero-order chi connectivity index (χ0) is 33.9. The third-order valence-electron chi connectivity index (χ3n) is 7.91. The Morgan fingerprint density at radius 1 is 0.702 bits per heavy atom. The zero-order valence-electron chi connectivity index (χ0n) is 27.9. The van der Waals surface area contributed by atoms with Crippen LogP contribution in [0.2, 0.25) is 0 Å². The maximum Gasteiger partial charge on any atom is 0.410 e. The molecule has 1 aromatic heterocycles. The van der Waals surface area contributed by atoms with Crippen molar-refractivity contribution >= 4 is 35.4 Å². The highest BCUT2D eigenvalue weighted by Crippen LogP contribution is 2.32. The van der Waals surface area contributed by atoms with E-state index in [1.807, 2.05) is 48.5 Å². The average molecular weight is 645 g/mol. The SMILES string of the molecule is CC(C)(C)OC(=O)N1CCC[C@H]1C(=O)Nc1ccc(-c2cn[nH]c2-c2ccc(NC(=O)[C@@H]3CCCN3C(=O)OC(C)(C)C)cc2)cc1. The van der Waals surface area contributed by atoms with E-state index in [4.69, 9.17) is 9.47 Å². The first kappa shape index (κ1) is 33.5. The van der Waals surface area contributed by atoms with E-state index in [2.05, 4.69) is 20.8 Å². The molecule has 0 saturated carbocycles. The van der Waals surface area contributed by atoms with Gasteiger partial charge in [0.2, 0.25) is 11.8 Å². The monoisotopic (exact) mass is 644 g/mol. The minimum absolute atomic E-state index is 0.247. The molecule has 0 aliphatic carbocycles. The van der Waals surface area contributed by atoms with E-state index in [-0.39, 0.29) is 11.8 Å². The Labute approximate surface area is 275 Å². The fourth-order valence-corrected chi connectivity index (χ4v) is 5.79. The molecule has 2 fully saturated rings. The lowest BCUT2D eigenvalue weighted by molar-refractivity contribution is -0.121. The molecule has 0 unspecified atom stereocenters. The van der Waals surface area contributed by atoms with Crippen LogP contribution in [0.5, 0.6) is 0 Å². The van der Waals surface area contributed by atoms with Gasteiger partial charge < -0.3 is 20.1 Å². The molecule has 12 heteroatoms. The van der Waals surface area contributed by atoms with Crippen molar-refractivity contribution in [3.05, 3.63) is 54.7 Å². The molecule has 3 N–H and O–H groups in total. The first-order valence-electron chi connectivity index (χ1n) is 16.0. The number of carbonyl (C=O) groups is 4. The van der Waals surface area contributed by atoms with Crippen LogP contribution in [0.15, 0.2) is 54.7 Å². The summed E-state index contributed by atoms with van der Waals surface area (Å²) in [7, 11) is 0. The van der Waals surface area contributed by atoms with Gasteiger partial charge in [-0.05, 0) is 97.1 Å². The average Bonchev–Trinajstić information content (AvgIpc) is 3.77. The Balaban J connectivity index is 1.21. The molecule has 2 aliphatic heterocycles. The molecule has 4 amide bonds. The van der Waals surface area contributed by atoms with E-state index in [1.54, 1.807) is 47.7 Å². The van der Waals surface area contributed by atoms with Crippen molar-refractivity contribution in [1.29, 1.82) is 0 Å². The highest BCUT2D eigenvalue weighted by molar-refractivity contribution is 5.98. The van der Waals surface area contributed by atoms with Gasteiger partial charge in [0.05, 0.1) is 11.9 Å². The minimum atomic E-state index is -0.637. The van der Waals surface area contributed by atoms with E-state index < -0.39 is 35.5 Å². The number of H-pyrrole nitrogens is 1. The number of nitrogens with zero attached hydrogens (tertiary/aromatic N) is 3. The van der Waals surface area contributed by atoms with Crippen LogP contribution < -0.4 is 10.6 Å². The van der Waals surface area contributed by atoms with Crippen molar-refractivity contribution in [3.63, 3.8) is 0 Å². The summed E-state index contributed by atoms with van der Waals surface area (Å²) >= 11 is 0. The lowest BCUT2D eigenvalue weighted by Gasteiger charge is -2.28. The number of amides is 4. The highest BCUT2D eigenvalue weighted by Gasteiger charge is 2.38. The number of rotatable bonds is 6. The van der Waals surface area contributed by atoms with E-state index in [0.29, 0.717) is 37.3 Å². The topological polar surface area (TPSA) is 146 Å². The maximum absolute atomic E-state index is 13.1. The van der Waals surface area contributed by atoms with Crippen molar-refractivity contribution in [3.8, 4) is 22.4 Å². The van der Waals surface area contributed by atoms with Gasteiger partial charge >= 0.3 is 12.2 Å². The van der Waals surface area contributed by atoms with Crippen molar-refractivity contribution in [2.45, 2.75) is 90.5 Å². The molecule has 2 saturated heterocycles. The number of aromatic amines is 1. The second-order valence-corrected chi connectivity index (χ2v) is 14.0. The highest BCUT2D eigenvalue weighted by atomic mass is 16.6. The van der Waals surface area contributed by atoms with Gasteiger partial charge in [-0.15, -0.1) is 0 Å². The largest absolute Gasteiger partial charge is 0.444 e. The van der Waals surface area contributed by atoms with Gasteiger partial charge in [-0.25, -0.2) is 9.59 Å². The summed E-state index contributed by atoms with van der Waals surface area (Å²) in [5.74, 6) is -0.497. The van der Waals surface area contributed by atoms with E-state index >= 15 is 0 Å². The first-order valence-corrected chi connectivity index (χ1v) is 16.0. The number of benzene rings is 2. The molecule has 3 heterocycles. The number of anilines is 2. The summed E-state index contributed by atoms with van der Waals surface area (Å²) in [6.07, 6.45) is 3.41. The van der Waals surface area contributed by atoms with Crippen LogP contribution in [0.25, 0.3) is 22.4 Å². The van der Waals surface area contributed by atoms with Crippen molar-refractivity contribution in [2.75, 3.05) is 23.7 Å². The van der Waals surface area contributed by atoms with Crippen molar-refractivity contribution < 1.29 is 28.7 Å². The Bertz CT molecular complexity index is 1480. The lowest BCUT2D eigenvalue weighted by atomic mass is 10.0. The fraction of sp³-hybridized carbons (Fsp3) is 0.457. The zero-order valence-corrected chi connectivity index (χ0v) is 27.9. The number of aromatic nitrogens is 2. The van der Waals surface area contributed by atoms with Crippen molar-refractivity contribution in [2.24, 2.45) is 0 Å². The van der Waals surface area contributed by atoms with Crippen molar-refractivity contribution in [1.82, 2.24) is 20.0 Å². The first-order chi connectivity index (χ1) is 22.2. The summed E-state index contributed by atoms with van der Waals surface area (Å²) in [5, 5.41) is 13.2. The van der Waals surface area contributed by atoms with Crippen LogP contribution in [-0.4, -0.2) is 80.4 Å². The van der Waals surface area contributed by atoms with Crippen LogP contribution in [-0.2, 0) is 19.1 Å². The van der Waals surface area contributed by atoms with E-state index in [0.717, 1.165) is 35.2 Å². The van der Waals surface area contributed by atoms with Gasteiger partial charge in [0, 0.05) is 35.6 Å². The fourth-order valence-electron chi connectivity index (χ4n) is 5.79. The van der Waals surface area contributed by atoms with Crippen LogP contribution >= 0.6 is 0 Å². The predicted molar refractivity (Wildman–Crippen MR) is 179 cm³/mol. The Morgan fingerprint density at radius 3 is 1.55 bits per heavy atom. The Kier molecular flexibility index (Phi) is 9.60. The van der Waals surface area contributed by atoms with Crippen LogP contribution in [0.3, 0.4) is 0 Å². The molecule has 250 valence electrons. The van der Waals surface area contributed by atoms with Crippen LogP contribution in [0, 0.1) is 0 Å². The molecule has 12 nitrogen and oxygen atoms in total. The molecule has 0 radical (unpaired) electrons. The molecular formula is C35H44N6O6. The predicted octanol–water partition coefficient (Wildman–Crippen LogP) is 6.42. The standard InChI is InChI=1S/C35H44N6O6/c1-34(2,3)46-32(44)40-19-7-9-27(40)30(42)37-24-15-11-22(12-16-24)26-21-36-39-29(26)23-13-17-25(18-14-23)38-31(43)28-10-8-20-41(28)33(45)47-35(4,5)6/h11-18,21,27-28H,7-10,19-20H2,1-6H3,(H,36,39)(H,37,42)(H,38,43)/t27-,28-/m0/s1. The van der Waals surface area contributed by atoms with Gasteiger partial charge in [0.15, 0.2) is 0 Å². The molecule has 3 aromatic rings. The third kappa shape index (κ3) is 8.30. The van der Waals surface area contributed by atoms with Crippen LogP contribution in [0.4, 0.5) is 21.0 Å². The molecule has 2 aromatic carbocycles. The third-order valence-corrected chi connectivity index (χ3v) is 7.91. The molecule has 5 rings (SSSR count). The number of nitrogens with one attached hydrogen (secondary N) is 3. The number of hydrogen-bond acceptors (Lipinski definition) is 7. The molecule has 0 spiro atoms. The Morgan fingerprint density at radius 2 is 1.13 bits per heavy atom. The number of ether oxygens (including phenoxy) is 2. The minimum Gasteiger partial charge on any atom is -0.444 e. The lowest BCUT2D eigenvalue weighted by Crippen LogP contribution is -2.45. The number of hydrogen-bond donors (Lipinski definition) is 3. The number of likely N-dealkylation sites (tertiary alicyclic amines) is 2. The van der Waals surface area contributed by atoms with Gasteiger partial charge in [-0.3, -0.25) is 24.5 Å².